The summed E-state index contributed by atoms with van der Waals surface area (Å²) in [4.78, 5) is 18.9. The van der Waals surface area contributed by atoms with Crippen LogP contribution in [-0.4, -0.2) is 23.2 Å². The maximum atomic E-state index is 13.1. The van der Waals surface area contributed by atoms with E-state index in [-0.39, 0.29) is 17.9 Å². The molecule has 0 fully saturated rings. The average molecular weight is 378 g/mol. The fraction of sp³-hybridized carbons (Fsp3) is 0.381. The van der Waals surface area contributed by atoms with Crippen LogP contribution in [0.25, 0.3) is 0 Å². The number of rotatable bonds is 6. The number of hydrogen-bond acceptors (Lipinski definition) is 3. The monoisotopic (exact) mass is 377 g/mol. The number of hydroxylamine groups is 2. The van der Waals surface area contributed by atoms with Gasteiger partial charge in [-0.3, -0.25) is 4.84 Å². The highest BCUT2D eigenvalue weighted by Gasteiger charge is 2.45. The molecule has 2 aromatic rings. The molecule has 26 heavy (non-hydrogen) atoms. The Balaban J connectivity index is 0.00000338. The van der Waals surface area contributed by atoms with Gasteiger partial charge in [0.1, 0.15) is 12.1 Å². The van der Waals surface area contributed by atoms with Crippen molar-refractivity contribution in [3.8, 4) is 0 Å². The molecule has 5 heteroatoms. The van der Waals surface area contributed by atoms with E-state index in [0.717, 1.165) is 6.42 Å². The first-order valence-corrected chi connectivity index (χ1v) is 8.72. The number of nitrogens with one attached hydrogen (secondary N) is 1. The highest BCUT2D eigenvalue weighted by atomic mass is 35.5. The van der Waals surface area contributed by atoms with Gasteiger partial charge in [0.05, 0.1) is 0 Å². The van der Waals surface area contributed by atoms with Crippen molar-refractivity contribution in [2.45, 2.75) is 45.3 Å². The predicted molar refractivity (Wildman–Crippen MR) is 97.8 cm³/mol. The molecule has 2 N–H and O–H groups in total. The molecule has 0 aliphatic carbocycles. The van der Waals surface area contributed by atoms with E-state index in [2.05, 4.69) is 0 Å². The quantitative estimate of drug-likeness (QED) is 0.666. The van der Waals surface area contributed by atoms with Crippen molar-refractivity contribution in [1.29, 1.82) is 0 Å². The minimum absolute atomic E-state index is 0. The summed E-state index contributed by atoms with van der Waals surface area (Å²) in [6.07, 6.45) is 0.870. The summed E-state index contributed by atoms with van der Waals surface area (Å²) in [5.74, 6) is -0.664. The summed E-state index contributed by atoms with van der Waals surface area (Å²) in [6, 6.07) is 17.9. The molecule has 0 spiro atoms. The van der Waals surface area contributed by atoms with Crippen molar-refractivity contribution >= 4 is 5.97 Å². The standard InChI is InChI=1S/C21H27NO3.ClH/c1-5-16-22(20(2,3)4)25-19(23)21(24,17-12-8-6-9-13-17)18-14-10-7-11-15-18;/h6-15,24H,5,16H2,1-4H3;1H. The molecule has 0 saturated heterocycles. The first-order chi connectivity index (χ1) is 11.8. The minimum Gasteiger partial charge on any atom is -1.00 e. The van der Waals surface area contributed by atoms with E-state index in [9.17, 15) is 9.90 Å². The molecular weight excluding hydrogens is 350 g/mol. The van der Waals surface area contributed by atoms with Crippen LogP contribution in [0.3, 0.4) is 0 Å². The van der Waals surface area contributed by atoms with E-state index in [1.54, 1.807) is 48.5 Å². The number of aliphatic hydroxyl groups is 1. The van der Waals surface area contributed by atoms with Crippen LogP contribution in [-0.2, 0) is 15.2 Å². The number of carbonyl (C=O) groups is 1. The molecule has 0 bridgehead atoms. The predicted octanol–water partition coefficient (Wildman–Crippen LogP) is -0.522. The van der Waals surface area contributed by atoms with E-state index >= 15 is 0 Å². The first-order valence-electron chi connectivity index (χ1n) is 8.72. The Labute approximate surface area is 162 Å². The second-order valence-electron chi connectivity index (χ2n) is 7.26. The van der Waals surface area contributed by atoms with Gasteiger partial charge in [-0.25, -0.2) is 4.79 Å². The van der Waals surface area contributed by atoms with Gasteiger partial charge in [0.15, 0.2) is 0 Å². The van der Waals surface area contributed by atoms with Crippen molar-refractivity contribution in [1.82, 2.24) is 0 Å². The van der Waals surface area contributed by atoms with Crippen LogP contribution in [0.4, 0.5) is 0 Å². The molecule has 142 valence electrons. The molecule has 0 aromatic heterocycles. The third kappa shape index (κ3) is 4.85. The zero-order valence-corrected chi connectivity index (χ0v) is 16.6. The van der Waals surface area contributed by atoms with Gasteiger partial charge in [0.25, 0.3) is 0 Å². The van der Waals surface area contributed by atoms with Crippen LogP contribution in [0.2, 0.25) is 0 Å². The Morgan fingerprint density at radius 1 is 0.962 bits per heavy atom. The summed E-state index contributed by atoms with van der Waals surface area (Å²) in [6.45, 7) is 8.75. The normalized spacial score (nSPS) is 12.8. The molecule has 0 aliphatic heterocycles. The SMILES string of the molecule is CCC[NH+](OC(=O)C(O)(c1ccccc1)c1ccccc1)C(C)(C)C.[Cl-]. The van der Waals surface area contributed by atoms with Gasteiger partial charge in [0, 0.05) is 0 Å². The zero-order valence-electron chi connectivity index (χ0n) is 15.8. The molecule has 2 rings (SSSR count). The molecule has 4 nitrogen and oxygen atoms in total. The Morgan fingerprint density at radius 3 is 1.73 bits per heavy atom. The molecule has 2 aromatic carbocycles. The van der Waals surface area contributed by atoms with Crippen LogP contribution in [0.15, 0.2) is 60.7 Å². The van der Waals surface area contributed by atoms with Gasteiger partial charge in [-0.05, 0) is 38.3 Å². The van der Waals surface area contributed by atoms with E-state index in [1.165, 1.54) is 0 Å². The minimum atomic E-state index is -1.84. The number of halogens is 1. The summed E-state index contributed by atoms with van der Waals surface area (Å²) in [5, 5.41) is 12.1. The highest BCUT2D eigenvalue weighted by Crippen LogP contribution is 2.30. The summed E-state index contributed by atoms with van der Waals surface area (Å²) < 4.78 is 0. The summed E-state index contributed by atoms with van der Waals surface area (Å²) >= 11 is 0. The van der Waals surface area contributed by atoms with Crippen molar-refractivity contribution in [3.05, 3.63) is 71.8 Å². The first kappa shape index (κ1) is 22.2. The lowest BCUT2D eigenvalue weighted by molar-refractivity contribution is -1.11. The van der Waals surface area contributed by atoms with Crippen LogP contribution in [0, 0.1) is 0 Å². The third-order valence-electron chi connectivity index (χ3n) is 4.21. The van der Waals surface area contributed by atoms with Crippen LogP contribution < -0.4 is 17.5 Å². The lowest BCUT2D eigenvalue weighted by Crippen LogP contribution is -3.18. The van der Waals surface area contributed by atoms with Crippen molar-refractivity contribution in [2.24, 2.45) is 0 Å². The number of quaternary nitrogens is 1. The van der Waals surface area contributed by atoms with Gasteiger partial charge in [0.2, 0.25) is 5.60 Å². The number of hydrogen-bond donors (Lipinski definition) is 2. The molecule has 0 heterocycles. The van der Waals surface area contributed by atoms with Crippen LogP contribution >= 0.6 is 0 Å². The number of carbonyl (C=O) groups excluding carboxylic acids is 1. The molecular formula is C21H28ClNO3. The fourth-order valence-electron chi connectivity index (χ4n) is 2.75. The molecule has 0 saturated carbocycles. The molecule has 0 radical (unpaired) electrons. The average Bonchev–Trinajstić information content (AvgIpc) is 2.61. The highest BCUT2D eigenvalue weighted by molar-refractivity contribution is 5.84. The maximum absolute atomic E-state index is 13.1. The molecule has 0 aliphatic rings. The van der Waals surface area contributed by atoms with Crippen molar-refractivity contribution in [2.75, 3.05) is 6.54 Å². The van der Waals surface area contributed by atoms with Crippen LogP contribution in [0.5, 0.6) is 0 Å². The van der Waals surface area contributed by atoms with Crippen molar-refractivity contribution < 1.29 is 32.2 Å². The molecule has 1 unspecified atom stereocenters. The fourth-order valence-corrected chi connectivity index (χ4v) is 2.75. The zero-order chi connectivity index (χ0) is 18.5. The lowest BCUT2D eigenvalue weighted by atomic mass is 9.86. The van der Waals surface area contributed by atoms with Crippen LogP contribution in [0.1, 0.15) is 45.2 Å². The summed E-state index contributed by atoms with van der Waals surface area (Å²) in [7, 11) is 0. The lowest BCUT2D eigenvalue weighted by Gasteiger charge is -2.33. The van der Waals surface area contributed by atoms with E-state index < -0.39 is 11.6 Å². The largest absolute Gasteiger partial charge is 1.00 e. The van der Waals surface area contributed by atoms with Gasteiger partial charge < -0.3 is 17.5 Å². The van der Waals surface area contributed by atoms with Gasteiger partial charge in [-0.15, -0.1) is 5.06 Å². The van der Waals surface area contributed by atoms with Gasteiger partial charge >= 0.3 is 5.97 Å². The maximum Gasteiger partial charge on any atom is 0.406 e. The van der Waals surface area contributed by atoms with Gasteiger partial charge in [-0.2, -0.15) is 0 Å². The van der Waals surface area contributed by atoms with E-state index in [0.29, 0.717) is 22.7 Å². The topological polar surface area (TPSA) is 51.0 Å². The number of benzene rings is 2. The Kier molecular flexibility index (Phi) is 7.82. The molecule has 1 atom stereocenters. The van der Waals surface area contributed by atoms with Gasteiger partial charge in [-0.1, -0.05) is 67.6 Å². The van der Waals surface area contributed by atoms with Crippen molar-refractivity contribution in [3.63, 3.8) is 0 Å². The summed E-state index contributed by atoms with van der Waals surface area (Å²) in [5.41, 5.74) is -1.13. The molecule has 0 amide bonds. The Morgan fingerprint density at radius 2 is 1.38 bits per heavy atom. The smallest absolute Gasteiger partial charge is 0.406 e. The van der Waals surface area contributed by atoms with E-state index in [1.807, 2.05) is 39.8 Å². The second kappa shape index (κ2) is 9.17. The second-order valence-corrected chi connectivity index (χ2v) is 7.26. The Hall–Kier alpha value is -1.88. The third-order valence-corrected chi connectivity index (χ3v) is 4.21. The Bertz CT molecular complexity index is 644. The van der Waals surface area contributed by atoms with E-state index in [4.69, 9.17) is 4.84 Å².